The molecule has 0 saturated carbocycles. The van der Waals surface area contributed by atoms with Gasteiger partial charge in [0, 0.05) is 26.6 Å². The van der Waals surface area contributed by atoms with E-state index in [2.05, 4.69) is 21.2 Å². The Kier molecular flexibility index (Phi) is 7.28. The number of nitrogens with one attached hydrogen (secondary N) is 1. The van der Waals surface area contributed by atoms with Crippen LogP contribution in [0.3, 0.4) is 0 Å². The minimum absolute atomic E-state index is 0.201. The number of hydrogen-bond acceptors (Lipinski definition) is 4. The van der Waals surface area contributed by atoms with E-state index in [9.17, 15) is 9.59 Å². The van der Waals surface area contributed by atoms with Gasteiger partial charge in [-0.1, -0.05) is 45.2 Å². The van der Waals surface area contributed by atoms with E-state index in [1.54, 1.807) is 43.3 Å². The number of carbonyl (C=O) groups is 2. The Morgan fingerprint density at radius 3 is 2.47 bits per heavy atom. The SMILES string of the molecule is CCOc1cc(/C=C2/NC(=O)N(CC)C2=O)c(Br)cc1OCc1ccc(Cl)cc1Cl. The fourth-order valence-corrected chi connectivity index (χ4v) is 3.75. The molecule has 0 spiro atoms. The average molecular weight is 514 g/mol. The van der Waals surface area contributed by atoms with Gasteiger partial charge in [-0.2, -0.15) is 0 Å². The fraction of sp³-hybridized carbons (Fsp3) is 0.238. The number of benzene rings is 2. The molecule has 30 heavy (non-hydrogen) atoms. The van der Waals surface area contributed by atoms with Crippen molar-refractivity contribution in [2.75, 3.05) is 13.2 Å². The zero-order chi connectivity index (χ0) is 21.8. The van der Waals surface area contributed by atoms with E-state index in [0.717, 1.165) is 10.5 Å². The number of carbonyl (C=O) groups excluding carboxylic acids is 2. The first-order chi connectivity index (χ1) is 14.3. The molecule has 3 amide bonds. The third-order valence-corrected chi connectivity index (χ3v) is 5.61. The summed E-state index contributed by atoms with van der Waals surface area (Å²) in [5.41, 5.74) is 1.65. The molecule has 9 heteroatoms. The van der Waals surface area contributed by atoms with Crippen molar-refractivity contribution < 1.29 is 19.1 Å². The Balaban J connectivity index is 1.88. The number of urea groups is 1. The first-order valence-electron chi connectivity index (χ1n) is 9.21. The topological polar surface area (TPSA) is 67.9 Å². The van der Waals surface area contributed by atoms with E-state index in [4.69, 9.17) is 32.7 Å². The minimum atomic E-state index is -0.435. The van der Waals surface area contributed by atoms with E-state index in [1.165, 1.54) is 0 Å². The second kappa shape index (κ2) is 9.73. The monoisotopic (exact) mass is 512 g/mol. The van der Waals surface area contributed by atoms with E-state index < -0.39 is 6.03 Å². The van der Waals surface area contributed by atoms with Gasteiger partial charge < -0.3 is 14.8 Å². The number of hydrogen-bond donors (Lipinski definition) is 1. The maximum absolute atomic E-state index is 12.3. The quantitative estimate of drug-likeness (QED) is 0.384. The second-order valence-corrected chi connectivity index (χ2v) is 8.01. The van der Waals surface area contributed by atoms with Crippen molar-refractivity contribution in [2.45, 2.75) is 20.5 Å². The summed E-state index contributed by atoms with van der Waals surface area (Å²) in [4.78, 5) is 25.3. The lowest BCUT2D eigenvalue weighted by Crippen LogP contribution is -2.30. The highest BCUT2D eigenvalue weighted by atomic mass is 79.9. The average Bonchev–Trinajstić information content (AvgIpc) is 2.96. The highest BCUT2D eigenvalue weighted by Gasteiger charge is 2.32. The van der Waals surface area contributed by atoms with E-state index in [-0.39, 0.29) is 18.2 Å². The zero-order valence-electron chi connectivity index (χ0n) is 16.3. The lowest BCUT2D eigenvalue weighted by molar-refractivity contribution is -0.122. The van der Waals surface area contributed by atoms with Crippen LogP contribution in [0, 0.1) is 0 Å². The number of amides is 3. The second-order valence-electron chi connectivity index (χ2n) is 6.32. The first kappa shape index (κ1) is 22.5. The number of rotatable bonds is 7. The third kappa shape index (κ3) is 4.91. The Morgan fingerprint density at radius 2 is 1.83 bits per heavy atom. The maximum atomic E-state index is 12.3. The summed E-state index contributed by atoms with van der Waals surface area (Å²) in [6.45, 7) is 4.55. The van der Waals surface area contributed by atoms with Gasteiger partial charge in [0.2, 0.25) is 0 Å². The molecule has 0 bridgehead atoms. The van der Waals surface area contributed by atoms with Crippen LogP contribution in [-0.2, 0) is 11.4 Å². The standard InChI is InChI=1S/C21H19BrCl2N2O4/c1-3-26-20(27)17(25-21(26)28)7-13-8-18(29-4-2)19(10-15(13)22)30-11-12-5-6-14(23)9-16(12)24/h5-10H,3-4,11H2,1-2H3,(H,25,28)/b17-7+. The number of ether oxygens (including phenoxy) is 2. The van der Waals surface area contributed by atoms with Gasteiger partial charge >= 0.3 is 6.03 Å². The molecule has 1 heterocycles. The maximum Gasteiger partial charge on any atom is 0.328 e. The van der Waals surface area contributed by atoms with Crippen LogP contribution in [0.1, 0.15) is 25.0 Å². The summed E-state index contributed by atoms with van der Waals surface area (Å²) >= 11 is 15.6. The molecule has 1 saturated heterocycles. The van der Waals surface area contributed by atoms with Crippen LogP contribution in [-0.4, -0.2) is 30.0 Å². The third-order valence-electron chi connectivity index (χ3n) is 4.34. The van der Waals surface area contributed by atoms with Gasteiger partial charge in [-0.15, -0.1) is 0 Å². The number of halogens is 3. The van der Waals surface area contributed by atoms with Crippen LogP contribution in [0.25, 0.3) is 6.08 Å². The molecule has 0 radical (unpaired) electrons. The van der Waals surface area contributed by atoms with E-state index in [1.807, 2.05) is 6.92 Å². The molecule has 2 aromatic carbocycles. The van der Waals surface area contributed by atoms with Crippen molar-refractivity contribution in [2.24, 2.45) is 0 Å². The molecule has 6 nitrogen and oxygen atoms in total. The largest absolute Gasteiger partial charge is 0.490 e. The van der Waals surface area contributed by atoms with Crippen molar-refractivity contribution >= 4 is 57.1 Å². The summed E-state index contributed by atoms with van der Waals surface area (Å²) in [5.74, 6) is 0.640. The summed E-state index contributed by atoms with van der Waals surface area (Å²) in [6.07, 6.45) is 1.60. The molecule has 0 atom stereocenters. The molecule has 1 fully saturated rings. The van der Waals surface area contributed by atoms with Crippen LogP contribution in [0.4, 0.5) is 4.79 Å². The molecule has 0 aliphatic carbocycles. The van der Waals surface area contributed by atoms with Gasteiger partial charge in [0.25, 0.3) is 5.91 Å². The van der Waals surface area contributed by atoms with Crippen molar-refractivity contribution in [3.05, 3.63) is 61.7 Å². The van der Waals surface area contributed by atoms with Crippen LogP contribution >= 0.6 is 39.1 Å². The predicted molar refractivity (Wildman–Crippen MR) is 120 cm³/mol. The van der Waals surface area contributed by atoms with Crippen molar-refractivity contribution in [1.82, 2.24) is 10.2 Å². The van der Waals surface area contributed by atoms with Crippen molar-refractivity contribution in [1.29, 1.82) is 0 Å². The van der Waals surface area contributed by atoms with Crippen molar-refractivity contribution in [3.8, 4) is 11.5 Å². The zero-order valence-corrected chi connectivity index (χ0v) is 19.4. The Bertz CT molecular complexity index is 1030. The Hall–Kier alpha value is -2.22. The summed E-state index contributed by atoms with van der Waals surface area (Å²) in [5, 5.41) is 3.65. The van der Waals surface area contributed by atoms with Crippen LogP contribution in [0.5, 0.6) is 11.5 Å². The molecule has 2 aromatic rings. The number of imide groups is 1. The van der Waals surface area contributed by atoms with Gasteiger partial charge in [0.05, 0.1) is 6.61 Å². The van der Waals surface area contributed by atoms with E-state index in [0.29, 0.717) is 44.7 Å². The first-order valence-corrected chi connectivity index (χ1v) is 10.8. The van der Waals surface area contributed by atoms with E-state index >= 15 is 0 Å². The summed E-state index contributed by atoms with van der Waals surface area (Å²) in [7, 11) is 0. The Morgan fingerprint density at radius 1 is 1.10 bits per heavy atom. The van der Waals surface area contributed by atoms with Crippen LogP contribution in [0.15, 0.2) is 40.5 Å². The molecule has 1 N–H and O–H groups in total. The minimum Gasteiger partial charge on any atom is -0.490 e. The highest BCUT2D eigenvalue weighted by Crippen LogP contribution is 2.36. The van der Waals surface area contributed by atoms with Gasteiger partial charge in [-0.25, -0.2) is 4.79 Å². The predicted octanol–water partition coefficient (Wildman–Crippen LogP) is 5.65. The molecule has 0 unspecified atom stereocenters. The van der Waals surface area contributed by atoms with Gasteiger partial charge in [0.1, 0.15) is 12.3 Å². The van der Waals surface area contributed by atoms with Gasteiger partial charge in [-0.3, -0.25) is 9.69 Å². The Labute approximate surface area is 192 Å². The molecule has 0 aromatic heterocycles. The molecule has 158 valence electrons. The lowest BCUT2D eigenvalue weighted by Gasteiger charge is -2.15. The number of nitrogens with zero attached hydrogens (tertiary/aromatic N) is 1. The number of likely N-dealkylation sites (N-methyl/N-ethyl adjacent to an activating group) is 1. The molecule has 1 aliphatic heterocycles. The van der Waals surface area contributed by atoms with Crippen LogP contribution < -0.4 is 14.8 Å². The van der Waals surface area contributed by atoms with Crippen molar-refractivity contribution in [3.63, 3.8) is 0 Å². The summed E-state index contributed by atoms with van der Waals surface area (Å²) < 4.78 is 12.3. The van der Waals surface area contributed by atoms with Crippen LogP contribution in [0.2, 0.25) is 10.0 Å². The normalized spacial score (nSPS) is 15.0. The molecule has 1 aliphatic rings. The summed E-state index contributed by atoms with van der Waals surface area (Å²) in [6, 6.07) is 8.26. The molecule has 3 rings (SSSR count). The van der Waals surface area contributed by atoms with Gasteiger partial charge in [-0.05, 0) is 49.8 Å². The fourth-order valence-electron chi connectivity index (χ4n) is 2.85. The lowest BCUT2D eigenvalue weighted by atomic mass is 10.1. The molecular formula is C21H19BrCl2N2O4. The smallest absolute Gasteiger partial charge is 0.328 e. The molecular weight excluding hydrogens is 495 g/mol. The van der Waals surface area contributed by atoms with Gasteiger partial charge in [0.15, 0.2) is 11.5 Å². The highest BCUT2D eigenvalue weighted by molar-refractivity contribution is 9.10.